The summed E-state index contributed by atoms with van der Waals surface area (Å²) >= 11 is 0. The van der Waals surface area contributed by atoms with Crippen LogP contribution in [0.5, 0.6) is 0 Å². The third-order valence-corrected chi connectivity index (χ3v) is 2.15. The van der Waals surface area contributed by atoms with E-state index in [1.165, 1.54) is 0 Å². The predicted octanol–water partition coefficient (Wildman–Crippen LogP) is 0.483. The molecule has 0 spiro atoms. The lowest BCUT2D eigenvalue weighted by Crippen LogP contribution is -2.39. The van der Waals surface area contributed by atoms with Gasteiger partial charge in [-0.25, -0.2) is 9.37 Å². The van der Waals surface area contributed by atoms with Crippen molar-refractivity contribution in [2.24, 2.45) is 0 Å². The van der Waals surface area contributed by atoms with E-state index in [-0.39, 0.29) is 17.4 Å². The molecule has 0 radical (unpaired) electrons. The van der Waals surface area contributed by atoms with E-state index in [2.05, 4.69) is 10.3 Å². The molecule has 0 aliphatic rings. The van der Waals surface area contributed by atoms with Gasteiger partial charge in [0.15, 0.2) is 0 Å². The number of nitrogen functional groups attached to an aromatic ring is 1. The van der Waals surface area contributed by atoms with Gasteiger partial charge in [0.1, 0.15) is 11.6 Å². The van der Waals surface area contributed by atoms with E-state index < -0.39 is 11.7 Å². The van der Waals surface area contributed by atoms with Crippen LogP contribution < -0.4 is 11.1 Å². The minimum atomic E-state index is -0.579. The molecule has 0 saturated heterocycles. The lowest BCUT2D eigenvalue weighted by molar-refractivity contribution is 0.0934. The first-order chi connectivity index (χ1) is 7.90. The highest BCUT2D eigenvalue weighted by Crippen LogP contribution is 2.09. The summed E-state index contributed by atoms with van der Waals surface area (Å²) in [4.78, 5) is 17.3. The summed E-state index contributed by atoms with van der Waals surface area (Å²) in [5, 5.41) is 2.73. The van der Waals surface area contributed by atoms with Gasteiger partial charge < -0.3 is 16.0 Å². The molecule has 1 amide bonds. The SMILES string of the molecule is CC(CN(C)C)NC(=O)c1cc(F)cnc1N. The van der Waals surface area contributed by atoms with Crippen molar-refractivity contribution in [3.8, 4) is 0 Å². The van der Waals surface area contributed by atoms with Crippen LogP contribution >= 0.6 is 0 Å². The van der Waals surface area contributed by atoms with Gasteiger partial charge in [0.2, 0.25) is 0 Å². The van der Waals surface area contributed by atoms with Crippen LogP contribution in [0.15, 0.2) is 12.3 Å². The van der Waals surface area contributed by atoms with E-state index in [0.29, 0.717) is 6.54 Å². The van der Waals surface area contributed by atoms with Crippen molar-refractivity contribution in [1.29, 1.82) is 0 Å². The number of pyridine rings is 1. The van der Waals surface area contributed by atoms with Crippen molar-refractivity contribution in [2.75, 3.05) is 26.4 Å². The van der Waals surface area contributed by atoms with E-state index in [4.69, 9.17) is 5.73 Å². The van der Waals surface area contributed by atoms with Gasteiger partial charge in [0.05, 0.1) is 11.8 Å². The number of anilines is 1. The Kier molecular flexibility index (Phi) is 4.39. The third kappa shape index (κ3) is 3.99. The summed E-state index contributed by atoms with van der Waals surface area (Å²) in [7, 11) is 3.81. The van der Waals surface area contributed by atoms with Gasteiger partial charge in [0.25, 0.3) is 5.91 Å². The van der Waals surface area contributed by atoms with Crippen LogP contribution in [0.25, 0.3) is 0 Å². The summed E-state index contributed by atoms with van der Waals surface area (Å²) in [5.74, 6) is -0.964. The number of rotatable bonds is 4. The zero-order valence-electron chi connectivity index (χ0n) is 10.2. The summed E-state index contributed by atoms with van der Waals surface area (Å²) in [6.07, 6.45) is 0.982. The van der Waals surface area contributed by atoms with Crippen molar-refractivity contribution in [1.82, 2.24) is 15.2 Å². The molecule has 3 N–H and O–H groups in total. The monoisotopic (exact) mass is 240 g/mol. The van der Waals surface area contributed by atoms with Crippen LogP contribution in [0, 0.1) is 5.82 Å². The summed E-state index contributed by atoms with van der Waals surface area (Å²) in [5.41, 5.74) is 5.58. The molecule has 0 aliphatic heterocycles. The van der Waals surface area contributed by atoms with Crippen molar-refractivity contribution >= 4 is 11.7 Å². The Morgan fingerprint density at radius 2 is 2.29 bits per heavy atom. The minimum absolute atomic E-state index is 0.0287. The molecule has 0 bridgehead atoms. The molecule has 6 heteroatoms. The number of aromatic nitrogens is 1. The van der Waals surface area contributed by atoms with Gasteiger partial charge in [0, 0.05) is 12.6 Å². The molecule has 1 rings (SSSR count). The molecule has 1 atom stereocenters. The first-order valence-corrected chi connectivity index (χ1v) is 5.26. The topological polar surface area (TPSA) is 71.2 Å². The van der Waals surface area contributed by atoms with Gasteiger partial charge in [-0.1, -0.05) is 0 Å². The van der Waals surface area contributed by atoms with Gasteiger partial charge in [-0.2, -0.15) is 0 Å². The quantitative estimate of drug-likeness (QED) is 0.803. The van der Waals surface area contributed by atoms with Crippen LogP contribution in [-0.2, 0) is 0 Å². The van der Waals surface area contributed by atoms with E-state index in [0.717, 1.165) is 12.3 Å². The molecule has 94 valence electrons. The molecule has 0 fully saturated rings. The van der Waals surface area contributed by atoms with Gasteiger partial charge in [-0.05, 0) is 27.1 Å². The van der Waals surface area contributed by atoms with Crippen molar-refractivity contribution in [3.05, 3.63) is 23.6 Å². The van der Waals surface area contributed by atoms with Gasteiger partial charge in [-0.15, -0.1) is 0 Å². The molecule has 1 heterocycles. The van der Waals surface area contributed by atoms with E-state index in [1.54, 1.807) is 0 Å². The van der Waals surface area contributed by atoms with Gasteiger partial charge in [-0.3, -0.25) is 4.79 Å². The highest BCUT2D eigenvalue weighted by atomic mass is 19.1. The van der Waals surface area contributed by atoms with Crippen molar-refractivity contribution in [3.63, 3.8) is 0 Å². The number of carbonyl (C=O) groups excluding carboxylic acids is 1. The summed E-state index contributed by atoms with van der Waals surface area (Å²) in [6.45, 7) is 2.55. The number of carbonyl (C=O) groups is 1. The summed E-state index contributed by atoms with van der Waals surface area (Å²) < 4.78 is 12.9. The molecule has 0 aromatic carbocycles. The maximum Gasteiger partial charge on any atom is 0.255 e. The van der Waals surface area contributed by atoms with E-state index >= 15 is 0 Å². The number of hydrogen-bond acceptors (Lipinski definition) is 4. The van der Waals surface area contributed by atoms with E-state index in [9.17, 15) is 9.18 Å². The Morgan fingerprint density at radius 3 is 2.88 bits per heavy atom. The Bertz CT molecular complexity index is 408. The number of nitrogens with two attached hydrogens (primary N) is 1. The minimum Gasteiger partial charge on any atom is -0.383 e. The zero-order valence-corrected chi connectivity index (χ0v) is 10.2. The molecule has 1 aromatic rings. The van der Waals surface area contributed by atoms with Crippen molar-refractivity contribution < 1.29 is 9.18 Å². The second-order valence-electron chi connectivity index (χ2n) is 4.22. The number of nitrogens with one attached hydrogen (secondary N) is 1. The Morgan fingerprint density at radius 1 is 1.65 bits per heavy atom. The average Bonchev–Trinajstić information content (AvgIpc) is 2.20. The fourth-order valence-electron chi connectivity index (χ4n) is 1.53. The second kappa shape index (κ2) is 5.58. The molecule has 0 saturated carbocycles. The largest absolute Gasteiger partial charge is 0.383 e. The van der Waals surface area contributed by atoms with Gasteiger partial charge >= 0.3 is 0 Å². The number of amides is 1. The normalized spacial score (nSPS) is 12.5. The maximum absolute atomic E-state index is 12.9. The number of hydrogen-bond donors (Lipinski definition) is 2. The summed E-state index contributed by atoms with van der Waals surface area (Å²) in [6, 6.07) is 1.03. The average molecular weight is 240 g/mol. The molecule has 0 aliphatic carbocycles. The van der Waals surface area contributed by atoms with Crippen LogP contribution in [-0.4, -0.2) is 42.5 Å². The predicted molar refractivity (Wildman–Crippen MR) is 64.1 cm³/mol. The second-order valence-corrected chi connectivity index (χ2v) is 4.22. The highest BCUT2D eigenvalue weighted by Gasteiger charge is 2.14. The lowest BCUT2D eigenvalue weighted by Gasteiger charge is -2.18. The number of halogens is 1. The Labute approximate surface area is 99.8 Å². The van der Waals surface area contributed by atoms with E-state index in [1.807, 2.05) is 25.9 Å². The molecular weight excluding hydrogens is 223 g/mol. The molecular formula is C11H17FN4O. The number of nitrogens with zero attached hydrogens (tertiary/aromatic N) is 2. The molecule has 5 nitrogen and oxygen atoms in total. The van der Waals surface area contributed by atoms with Crippen LogP contribution in [0.2, 0.25) is 0 Å². The number of likely N-dealkylation sites (N-methyl/N-ethyl adjacent to an activating group) is 1. The first-order valence-electron chi connectivity index (χ1n) is 5.26. The maximum atomic E-state index is 12.9. The van der Waals surface area contributed by atoms with Crippen LogP contribution in [0.4, 0.5) is 10.2 Å². The smallest absolute Gasteiger partial charge is 0.255 e. The Balaban J connectivity index is 2.73. The molecule has 1 aromatic heterocycles. The first kappa shape index (κ1) is 13.4. The highest BCUT2D eigenvalue weighted by molar-refractivity contribution is 5.98. The molecule has 1 unspecified atom stereocenters. The third-order valence-electron chi connectivity index (χ3n) is 2.15. The Hall–Kier alpha value is -1.69. The standard InChI is InChI=1S/C11H17FN4O/c1-7(6-16(2)3)15-11(17)9-4-8(12)5-14-10(9)13/h4-5,7H,6H2,1-3H3,(H2,13,14)(H,15,17). The van der Waals surface area contributed by atoms with Crippen molar-refractivity contribution in [2.45, 2.75) is 13.0 Å². The lowest BCUT2D eigenvalue weighted by atomic mass is 10.2. The molecule has 17 heavy (non-hydrogen) atoms. The fraction of sp³-hybridized carbons (Fsp3) is 0.455. The zero-order chi connectivity index (χ0) is 13.0. The van der Waals surface area contributed by atoms with Crippen LogP contribution in [0.3, 0.4) is 0 Å². The van der Waals surface area contributed by atoms with Crippen LogP contribution in [0.1, 0.15) is 17.3 Å². The fourth-order valence-corrected chi connectivity index (χ4v) is 1.53.